The SMILES string of the molecule is Cl[Si](c1ccccc1)(c1ccccc1)c1cccc2c1Cc1ccccc1-2. The Morgan fingerprint density at radius 2 is 1.11 bits per heavy atom. The molecule has 2 heteroatoms. The van der Waals surface area contributed by atoms with Gasteiger partial charge in [0, 0.05) is 0 Å². The third kappa shape index (κ3) is 2.58. The van der Waals surface area contributed by atoms with E-state index in [1.54, 1.807) is 0 Å². The van der Waals surface area contributed by atoms with Crippen LogP contribution in [0.25, 0.3) is 11.1 Å². The van der Waals surface area contributed by atoms with Crippen LogP contribution in [0, 0.1) is 0 Å². The maximum atomic E-state index is 7.68. The lowest BCUT2D eigenvalue weighted by Crippen LogP contribution is -2.63. The summed E-state index contributed by atoms with van der Waals surface area (Å²) in [5.74, 6) is 0. The predicted octanol–water partition coefficient (Wildman–Crippen LogP) is 4.46. The highest BCUT2D eigenvalue weighted by molar-refractivity contribution is 7.40. The van der Waals surface area contributed by atoms with Gasteiger partial charge in [0.1, 0.15) is 0 Å². The standard InChI is InChI=1S/C25H19ClSi/c26-27(20-11-3-1-4-12-20,21-13-5-2-6-14-21)25-17-9-16-23-22-15-8-7-10-19(22)18-24(23)25/h1-17H,18H2. The molecule has 0 amide bonds. The molecule has 0 radical (unpaired) electrons. The smallest absolute Gasteiger partial charge is 0.149 e. The van der Waals surface area contributed by atoms with Crippen LogP contribution in [0.3, 0.4) is 0 Å². The van der Waals surface area contributed by atoms with Gasteiger partial charge in [-0.15, -0.1) is 11.1 Å². The third-order valence-corrected chi connectivity index (χ3v) is 11.0. The van der Waals surface area contributed by atoms with E-state index in [2.05, 4.69) is 103 Å². The zero-order valence-corrected chi connectivity index (χ0v) is 16.7. The van der Waals surface area contributed by atoms with Crippen molar-refractivity contribution in [3.05, 3.63) is 114 Å². The third-order valence-electron chi connectivity index (χ3n) is 5.57. The molecule has 0 atom stereocenters. The van der Waals surface area contributed by atoms with E-state index in [9.17, 15) is 0 Å². The highest BCUT2D eigenvalue weighted by Crippen LogP contribution is 2.36. The van der Waals surface area contributed by atoms with Crippen LogP contribution in [0.4, 0.5) is 0 Å². The first-order chi connectivity index (χ1) is 13.3. The Kier molecular flexibility index (Phi) is 4.00. The van der Waals surface area contributed by atoms with Gasteiger partial charge in [-0.25, -0.2) is 0 Å². The molecule has 130 valence electrons. The Bertz CT molecular complexity index is 1060. The Hall–Kier alpha value is -2.61. The summed E-state index contributed by atoms with van der Waals surface area (Å²) in [6.07, 6.45) is 0.961. The van der Waals surface area contributed by atoms with Crippen LogP contribution in [0.2, 0.25) is 0 Å². The normalized spacial score (nSPS) is 12.5. The van der Waals surface area contributed by atoms with Crippen molar-refractivity contribution in [2.24, 2.45) is 0 Å². The van der Waals surface area contributed by atoms with Crippen molar-refractivity contribution < 1.29 is 0 Å². The Labute approximate surface area is 165 Å². The van der Waals surface area contributed by atoms with Crippen molar-refractivity contribution in [3.8, 4) is 11.1 Å². The molecule has 1 aliphatic carbocycles. The zero-order valence-electron chi connectivity index (χ0n) is 14.9. The summed E-state index contributed by atoms with van der Waals surface area (Å²) in [7, 11) is -2.60. The van der Waals surface area contributed by atoms with E-state index in [1.807, 2.05) is 0 Å². The molecule has 0 bridgehead atoms. The van der Waals surface area contributed by atoms with Crippen LogP contribution < -0.4 is 15.6 Å². The second-order valence-corrected chi connectivity index (χ2v) is 11.8. The first-order valence-corrected chi connectivity index (χ1v) is 12.3. The van der Waals surface area contributed by atoms with Crippen LogP contribution in [0.5, 0.6) is 0 Å². The van der Waals surface area contributed by atoms with Crippen molar-refractivity contribution in [3.63, 3.8) is 0 Å². The molecule has 0 saturated carbocycles. The molecule has 4 aromatic carbocycles. The van der Waals surface area contributed by atoms with Crippen molar-refractivity contribution in [1.29, 1.82) is 0 Å². The van der Waals surface area contributed by atoms with E-state index in [0.717, 1.165) is 6.42 Å². The molecule has 4 aromatic rings. The van der Waals surface area contributed by atoms with E-state index < -0.39 is 7.38 Å². The van der Waals surface area contributed by atoms with Gasteiger partial charge in [-0.1, -0.05) is 103 Å². The van der Waals surface area contributed by atoms with E-state index in [4.69, 9.17) is 11.1 Å². The maximum absolute atomic E-state index is 7.68. The molecule has 0 spiro atoms. The fraction of sp³-hybridized carbons (Fsp3) is 0.0400. The Morgan fingerprint density at radius 1 is 0.556 bits per heavy atom. The topological polar surface area (TPSA) is 0 Å². The van der Waals surface area contributed by atoms with E-state index in [1.165, 1.54) is 37.8 Å². The summed E-state index contributed by atoms with van der Waals surface area (Å²) in [5.41, 5.74) is 5.48. The summed E-state index contributed by atoms with van der Waals surface area (Å²) in [4.78, 5) is 0. The number of hydrogen-bond donors (Lipinski definition) is 0. The van der Waals surface area contributed by atoms with Crippen LogP contribution in [0.1, 0.15) is 11.1 Å². The molecule has 1 aliphatic rings. The predicted molar refractivity (Wildman–Crippen MR) is 118 cm³/mol. The van der Waals surface area contributed by atoms with Crippen molar-refractivity contribution >= 4 is 34.0 Å². The first-order valence-electron chi connectivity index (χ1n) is 9.29. The minimum Gasteiger partial charge on any atom is -0.149 e. The van der Waals surface area contributed by atoms with Gasteiger partial charge in [0.2, 0.25) is 7.38 Å². The average Bonchev–Trinajstić information content (AvgIpc) is 3.13. The van der Waals surface area contributed by atoms with Gasteiger partial charge in [0.25, 0.3) is 0 Å². The average molecular weight is 383 g/mol. The highest BCUT2D eigenvalue weighted by atomic mass is 35.6. The van der Waals surface area contributed by atoms with E-state index in [0.29, 0.717) is 0 Å². The summed E-state index contributed by atoms with van der Waals surface area (Å²) in [6.45, 7) is 0. The summed E-state index contributed by atoms with van der Waals surface area (Å²) >= 11 is 7.68. The van der Waals surface area contributed by atoms with Crippen LogP contribution in [-0.4, -0.2) is 7.38 Å². The molecule has 0 aliphatic heterocycles. The molecule has 0 aromatic heterocycles. The molecule has 0 saturated heterocycles. The van der Waals surface area contributed by atoms with Gasteiger partial charge < -0.3 is 0 Å². The van der Waals surface area contributed by atoms with Crippen LogP contribution in [-0.2, 0) is 6.42 Å². The van der Waals surface area contributed by atoms with E-state index >= 15 is 0 Å². The molecule has 0 unspecified atom stereocenters. The number of fused-ring (bicyclic) bond motifs is 3. The fourth-order valence-electron chi connectivity index (χ4n) is 4.29. The van der Waals surface area contributed by atoms with Crippen molar-refractivity contribution in [2.45, 2.75) is 6.42 Å². The zero-order chi connectivity index (χ0) is 18.3. The molecule has 0 heterocycles. The van der Waals surface area contributed by atoms with Gasteiger partial charge in [0.15, 0.2) is 0 Å². The number of halogens is 1. The summed E-state index contributed by atoms with van der Waals surface area (Å²) < 4.78 is 0. The molecule has 27 heavy (non-hydrogen) atoms. The second kappa shape index (κ2) is 6.52. The monoisotopic (exact) mass is 382 g/mol. The molecule has 5 rings (SSSR count). The molecule has 0 nitrogen and oxygen atoms in total. The number of rotatable bonds is 3. The highest BCUT2D eigenvalue weighted by Gasteiger charge is 2.40. The molecule has 0 N–H and O–H groups in total. The Balaban J connectivity index is 1.79. The van der Waals surface area contributed by atoms with Gasteiger partial charge >= 0.3 is 0 Å². The Morgan fingerprint density at radius 3 is 1.78 bits per heavy atom. The second-order valence-electron chi connectivity index (χ2n) is 7.06. The van der Waals surface area contributed by atoms with Gasteiger partial charge in [-0.3, -0.25) is 0 Å². The van der Waals surface area contributed by atoms with Crippen molar-refractivity contribution in [2.75, 3.05) is 0 Å². The van der Waals surface area contributed by atoms with Crippen LogP contribution >= 0.6 is 11.1 Å². The van der Waals surface area contributed by atoms with Crippen molar-refractivity contribution in [1.82, 2.24) is 0 Å². The summed E-state index contributed by atoms with van der Waals surface area (Å²) in [5, 5.41) is 3.79. The minimum atomic E-state index is -2.60. The maximum Gasteiger partial charge on any atom is 0.248 e. The number of hydrogen-bond acceptors (Lipinski definition) is 0. The quantitative estimate of drug-likeness (QED) is 0.245. The van der Waals surface area contributed by atoms with Gasteiger partial charge in [-0.2, -0.15) is 0 Å². The van der Waals surface area contributed by atoms with Crippen LogP contribution in [0.15, 0.2) is 103 Å². The lowest BCUT2D eigenvalue weighted by molar-refractivity contribution is 1.28. The fourth-order valence-corrected chi connectivity index (χ4v) is 8.80. The lowest BCUT2D eigenvalue weighted by atomic mass is 10.1. The lowest BCUT2D eigenvalue weighted by Gasteiger charge is -2.28. The molecule has 0 fully saturated rings. The largest absolute Gasteiger partial charge is 0.248 e. The summed E-state index contributed by atoms with van der Waals surface area (Å²) in [6, 6.07) is 36.7. The first kappa shape index (κ1) is 16.6. The molecular formula is C25H19ClSi. The van der Waals surface area contributed by atoms with Gasteiger partial charge in [0.05, 0.1) is 0 Å². The molecular weight excluding hydrogens is 364 g/mol. The van der Waals surface area contributed by atoms with E-state index in [-0.39, 0.29) is 0 Å². The minimum absolute atomic E-state index is 0.961. The van der Waals surface area contributed by atoms with Gasteiger partial charge in [-0.05, 0) is 44.2 Å². The number of benzene rings is 4.